The van der Waals surface area contributed by atoms with E-state index in [1.165, 1.54) is 0 Å². The molecule has 0 aliphatic heterocycles. The van der Waals surface area contributed by atoms with Crippen molar-refractivity contribution in [2.75, 3.05) is 5.32 Å². The lowest BCUT2D eigenvalue weighted by atomic mass is 9.88. The van der Waals surface area contributed by atoms with Gasteiger partial charge < -0.3 is 10.4 Å². The maximum Gasteiger partial charge on any atom is 0.337 e. The van der Waals surface area contributed by atoms with Crippen molar-refractivity contribution in [3.63, 3.8) is 0 Å². The first-order valence-corrected chi connectivity index (χ1v) is 6.99. The van der Waals surface area contributed by atoms with Crippen LogP contribution in [0.4, 0.5) is 14.5 Å². The maximum absolute atomic E-state index is 13.3. The Morgan fingerprint density at radius 1 is 1.14 bits per heavy atom. The number of carbonyl (C=O) groups is 2. The number of halogens is 2. The molecule has 2 fully saturated rings. The topological polar surface area (TPSA) is 66.4 Å². The zero-order chi connectivity index (χ0) is 15.1. The first kappa shape index (κ1) is 14.0. The molecule has 6 heteroatoms. The fourth-order valence-corrected chi connectivity index (χ4v) is 3.62. The van der Waals surface area contributed by atoms with Crippen molar-refractivity contribution in [3.8, 4) is 0 Å². The number of carboxylic acids is 1. The van der Waals surface area contributed by atoms with Crippen LogP contribution in [0.5, 0.6) is 0 Å². The molecule has 21 heavy (non-hydrogen) atoms. The van der Waals surface area contributed by atoms with Gasteiger partial charge in [0.15, 0.2) is 11.6 Å². The van der Waals surface area contributed by atoms with Gasteiger partial charge in [0.05, 0.1) is 11.3 Å². The second kappa shape index (κ2) is 5.09. The number of nitrogens with one attached hydrogen (secondary N) is 1. The van der Waals surface area contributed by atoms with E-state index in [0.717, 1.165) is 31.7 Å². The van der Waals surface area contributed by atoms with Crippen LogP contribution in [0.15, 0.2) is 12.1 Å². The summed E-state index contributed by atoms with van der Waals surface area (Å²) in [6, 6.07) is 1.32. The van der Waals surface area contributed by atoms with Gasteiger partial charge >= 0.3 is 5.97 Å². The van der Waals surface area contributed by atoms with Crippen LogP contribution in [-0.4, -0.2) is 17.0 Å². The van der Waals surface area contributed by atoms with Crippen LogP contribution in [0.3, 0.4) is 0 Å². The molecule has 112 valence electrons. The van der Waals surface area contributed by atoms with Crippen molar-refractivity contribution in [1.29, 1.82) is 0 Å². The highest BCUT2D eigenvalue weighted by Gasteiger charge is 2.43. The highest BCUT2D eigenvalue weighted by atomic mass is 19.2. The Hall–Kier alpha value is -1.98. The third-order valence-electron chi connectivity index (χ3n) is 4.62. The number of carboxylic acid groups (broad SMARTS) is 1. The third-order valence-corrected chi connectivity index (χ3v) is 4.62. The van der Waals surface area contributed by atoms with E-state index in [-0.39, 0.29) is 17.5 Å². The van der Waals surface area contributed by atoms with Crippen molar-refractivity contribution >= 4 is 17.6 Å². The monoisotopic (exact) mass is 295 g/mol. The number of benzene rings is 1. The largest absolute Gasteiger partial charge is 0.478 e. The van der Waals surface area contributed by atoms with E-state index < -0.39 is 23.2 Å². The van der Waals surface area contributed by atoms with Gasteiger partial charge in [0.1, 0.15) is 0 Å². The van der Waals surface area contributed by atoms with Crippen LogP contribution in [-0.2, 0) is 4.79 Å². The van der Waals surface area contributed by atoms with Gasteiger partial charge in [0.2, 0.25) is 5.91 Å². The minimum atomic E-state index is -1.41. The van der Waals surface area contributed by atoms with Crippen molar-refractivity contribution < 1.29 is 23.5 Å². The van der Waals surface area contributed by atoms with E-state index in [1.807, 2.05) is 0 Å². The summed E-state index contributed by atoms with van der Waals surface area (Å²) < 4.78 is 26.4. The number of rotatable bonds is 3. The molecule has 3 atom stereocenters. The molecule has 1 aromatic carbocycles. The number of anilines is 1. The predicted molar refractivity (Wildman–Crippen MR) is 70.9 cm³/mol. The fourth-order valence-electron chi connectivity index (χ4n) is 3.62. The number of aromatic carboxylic acids is 1. The van der Waals surface area contributed by atoms with Crippen LogP contribution in [0.25, 0.3) is 0 Å². The van der Waals surface area contributed by atoms with Gasteiger partial charge in [-0.3, -0.25) is 4.79 Å². The fraction of sp³-hybridized carbons (Fsp3) is 0.467. The molecule has 2 N–H and O–H groups in total. The molecule has 2 aliphatic rings. The summed E-state index contributed by atoms with van der Waals surface area (Å²) in [4.78, 5) is 23.3. The summed E-state index contributed by atoms with van der Waals surface area (Å²) >= 11 is 0. The van der Waals surface area contributed by atoms with Gasteiger partial charge in [-0.05, 0) is 37.2 Å². The van der Waals surface area contributed by atoms with E-state index in [9.17, 15) is 18.4 Å². The molecular weight excluding hydrogens is 280 g/mol. The number of carbonyl (C=O) groups excluding carboxylic acids is 1. The van der Waals surface area contributed by atoms with Crippen molar-refractivity contribution in [2.24, 2.45) is 17.8 Å². The molecule has 0 heterocycles. The molecular formula is C15H15F2NO3. The van der Waals surface area contributed by atoms with Crippen LogP contribution < -0.4 is 5.32 Å². The Labute approximate surface area is 120 Å². The molecule has 2 saturated carbocycles. The van der Waals surface area contributed by atoms with Gasteiger partial charge in [0.25, 0.3) is 0 Å². The Morgan fingerprint density at radius 2 is 1.86 bits per heavy atom. The molecule has 3 unspecified atom stereocenters. The highest BCUT2D eigenvalue weighted by Crippen LogP contribution is 2.48. The van der Waals surface area contributed by atoms with Crippen LogP contribution in [0.1, 0.15) is 36.0 Å². The first-order valence-electron chi connectivity index (χ1n) is 6.99. The van der Waals surface area contributed by atoms with E-state index in [1.54, 1.807) is 0 Å². The Morgan fingerprint density at radius 3 is 2.43 bits per heavy atom. The summed E-state index contributed by atoms with van der Waals surface area (Å²) in [5.74, 6) is -3.39. The summed E-state index contributed by atoms with van der Waals surface area (Å²) in [7, 11) is 0. The lowest BCUT2D eigenvalue weighted by molar-refractivity contribution is -0.121. The maximum atomic E-state index is 13.3. The second-order valence-electron chi connectivity index (χ2n) is 5.89. The number of fused-ring (bicyclic) bond motifs is 2. The first-order chi connectivity index (χ1) is 9.95. The highest BCUT2D eigenvalue weighted by molar-refractivity contribution is 6.01. The predicted octanol–water partition coefficient (Wildman–Crippen LogP) is 3.04. The Bertz CT molecular complexity index is 617. The summed E-state index contributed by atoms with van der Waals surface area (Å²) in [5, 5.41) is 11.5. The number of amides is 1. The molecule has 2 bridgehead atoms. The Balaban J connectivity index is 1.82. The van der Waals surface area contributed by atoms with Gasteiger partial charge in [0, 0.05) is 12.0 Å². The van der Waals surface area contributed by atoms with Gasteiger partial charge in [-0.2, -0.15) is 0 Å². The summed E-state index contributed by atoms with van der Waals surface area (Å²) in [5.41, 5.74) is -0.625. The Kier molecular flexibility index (Phi) is 3.39. The molecule has 0 aromatic heterocycles. The molecule has 3 rings (SSSR count). The lowest BCUT2D eigenvalue weighted by Crippen LogP contribution is -2.28. The van der Waals surface area contributed by atoms with Gasteiger partial charge in [-0.15, -0.1) is 0 Å². The van der Waals surface area contributed by atoms with E-state index in [4.69, 9.17) is 5.11 Å². The third kappa shape index (κ3) is 2.50. The smallest absolute Gasteiger partial charge is 0.337 e. The molecule has 2 aliphatic carbocycles. The minimum Gasteiger partial charge on any atom is -0.478 e. The van der Waals surface area contributed by atoms with E-state index >= 15 is 0 Å². The van der Waals surface area contributed by atoms with Crippen molar-refractivity contribution in [2.45, 2.75) is 25.7 Å². The number of hydrogen-bond acceptors (Lipinski definition) is 2. The standard InChI is InChI=1S/C15H15F2NO3/c16-11-5-10(15(20)21)13(6-12(11)17)18-14(19)9-4-7-1-2-8(9)3-7/h5-9H,1-4H2,(H,18,19)(H,20,21). The van der Waals surface area contributed by atoms with Crippen LogP contribution >= 0.6 is 0 Å². The SMILES string of the molecule is O=C(O)c1cc(F)c(F)cc1NC(=O)C1CC2CCC1C2. The van der Waals surface area contributed by atoms with Crippen LogP contribution in [0, 0.1) is 29.4 Å². The summed E-state index contributed by atoms with van der Waals surface area (Å²) in [6.45, 7) is 0. The number of hydrogen-bond donors (Lipinski definition) is 2. The van der Waals surface area contributed by atoms with Crippen molar-refractivity contribution in [3.05, 3.63) is 29.3 Å². The zero-order valence-electron chi connectivity index (χ0n) is 11.2. The normalized spacial score (nSPS) is 26.9. The van der Waals surface area contributed by atoms with Gasteiger partial charge in [-0.25, -0.2) is 13.6 Å². The summed E-state index contributed by atoms with van der Waals surface area (Å²) in [6.07, 6.45) is 3.97. The average Bonchev–Trinajstić information content (AvgIpc) is 3.04. The second-order valence-corrected chi connectivity index (χ2v) is 5.89. The van der Waals surface area contributed by atoms with E-state index in [0.29, 0.717) is 17.9 Å². The van der Waals surface area contributed by atoms with E-state index in [2.05, 4.69) is 5.32 Å². The quantitative estimate of drug-likeness (QED) is 0.900. The minimum absolute atomic E-state index is 0.154. The molecule has 1 amide bonds. The molecule has 0 saturated heterocycles. The molecule has 1 aromatic rings. The zero-order valence-corrected chi connectivity index (χ0v) is 11.2. The van der Waals surface area contributed by atoms with Crippen LogP contribution in [0.2, 0.25) is 0 Å². The lowest BCUT2D eigenvalue weighted by Gasteiger charge is -2.21. The average molecular weight is 295 g/mol. The van der Waals surface area contributed by atoms with Gasteiger partial charge in [-0.1, -0.05) is 6.42 Å². The molecule has 0 spiro atoms. The van der Waals surface area contributed by atoms with Crippen molar-refractivity contribution in [1.82, 2.24) is 0 Å². The molecule has 4 nitrogen and oxygen atoms in total. The molecule has 0 radical (unpaired) electrons.